The van der Waals surface area contributed by atoms with Crippen LogP contribution in [0.15, 0.2) is 54.3 Å². The van der Waals surface area contributed by atoms with Crippen LogP contribution in [0.2, 0.25) is 0 Å². The van der Waals surface area contributed by atoms with Crippen LogP contribution in [0.25, 0.3) is 0 Å². The van der Waals surface area contributed by atoms with E-state index in [1.165, 1.54) is 25.3 Å². The topological polar surface area (TPSA) is 195 Å². The van der Waals surface area contributed by atoms with Gasteiger partial charge in [-0.05, 0) is 56.2 Å². The minimum atomic E-state index is -2.46. The summed E-state index contributed by atoms with van der Waals surface area (Å²) >= 11 is 0. The highest BCUT2D eigenvalue weighted by Gasteiger charge is 2.71. The number of rotatable bonds is 10. The molecule has 0 radical (unpaired) electrons. The Balaban J connectivity index is 1.14. The molecule has 2 aromatic rings. The highest BCUT2D eigenvalue weighted by atomic mass is 16.6. The van der Waals surface area contributed by atoms with Crippen LogP contribution in [0, 0.1) is 5.92 Å². The van der Waals surface area contributed by atoms with Gasteiger partial charge in [-0.1, -0.05) is 42.8 Å². The van der Waals surface area contributed by atoms with Gasteiger partial charge < -0.3 is 44.1 Å². The lowest BCUT2D eigenvalue weighted by Gasteiger charge is -2.59. The number of ether oxygens (including phenoxy) is 5. The zero-order valence-electron chi connectivity index (χ0n) is 25.1. The van der Waals surface area contributed by atoms with E-state index < -0.39 is 65.4 Å². The van der Waals surface area contributed by atoms with Crippen molar-refractivity contribution in [2.24, 2.45) is 5.92 Å². The lowest BCUT2D eigenvalue weighted by molar-refractivity contribution is -0.185. The maximum Gasteiger partial charge on any atom is 0.349 e. The normalized spacial score (nSPS) is 27.8. The minimum Gasteiger partial charge on any atom is -0.493 e. The summed E-state index contributed by atoms with van der Waals surface area (Å²) in [5.41, 5.74) is -0.118. The van der Waals surface area contributed by atoms with E-state index in [4.69, 9.17) is 23.7 Å². The average Bonchev–Trinajstić information content (AvgIpc) is 3.39. The van der Waals surface area contributed by atoms with Crippen LogP contribution >= 0.6 is 0 Å². The molecule has 4 aliphatic rings. The third-order valence-electron chi connectivity index (χ3n) is 9.65. The molecule has 4 N–H and O–H groups in total. The Morgan fingerprint density at radius 2 is 1.70 bits per heavy atom. The molecule has 13 nitrogen and oxygen atoms in total. The number of aliphatic carboxylic acids is 1. The molecule has 1 saturated carbocycles. The number of carboxylic acid groups (broad SMARTS) is 1. The third-order valence-corrected chi connectivity index (χ3v) is 9.65. The number of esters is 3. The fourth-order valence-electron chi connectivity index (χ4n) is 7.51. The number of benzene rings is 2. The molecule has 1 fully saturated rings. The molecule has 1 heterocycles. The van der Waals surface area contributed by atoms with Gasteiger partial charge in [0.25, 0.3) is 0 Å². The van der Waals surface area contributed by atoms with Crippen LogP contribution in [0.1, 0.15) is 55.4 Å². The smallest absolute Gasteiger partial charge is 0.349 e. The summed E-state index contributed by atoms with van der Waals surface area (Å²) in [5, 5.41) is 42.7. The van der Waals surface area contributed by atoms with Crippen molar-refractivity contribution in [3.05, 3.63) is 71.0 Å². The molecule has 244 valence electrons. The van der Waals surface area contributed by atoms with Crippen LogP contribution in [0.4, 0.5) is 0 Å². The first-order valence-corrected chi connectivity index (χ1v) is 15.0. The summed E-state index contributed by atoms with van der Waals surface area (Å²) in [6, 6.07) is 11.4. The van der Waals surface area contributed by atoms with Crippen LogP contribution < -0.4 is 9.47 Å². The molecular formula is C33H34O13. The van der Waals surface area contributed by atoms with E-state index in [9.17, 15) is 39.6 Å². The number of aliphatic hydroxyl groups excluding tert-OH is 2. The van der Waals surface area contributed by atoms with Gasteiger partial charge in [-0.15, -0.1) is 0 Å². The van der Waals surface area contributed by atoms with Crippen molar-refractivity contribution in [3.63, 3.8) is 0 Å². The Bertz CT molecular complexity index is 1600. The van der Waals surface area contributed by atoms with Gasteiger partial charge in [0, 0.05) is 11.1 Å². The second-order valence-corrected chi connectivity index (χ2v) is 12.1. The number of hydrogen-bond acceptors (Lipinski definition) is 12. The van der Waals surface area contributed by atoms with Crippen molar-refractivity contribution >= 4 is 23.9 Å². The second kappa shape index (κ2) is 11.7. The third kappa shape index (κ3) is 4.81. The van der Waals surface area contributed by atoms with Gasteiger partial charge in [0.15, 0.2) is 35.9 Å². The molecule has 0 amide bonds. The number of carboxylic acids is 1. The maximum absolute atomic E-state index is 13.1. The van der Waals surface area contributed by atoms with E-state index in [2.05, 4.69) is 0 Å². The largest absolute Gasteiger partial charge is 0.493 e. The van der Waals surface area contributed by atoms with Gasteiger partial charge >= 0.3 is 23.9 Å². The molecule has 0 saturated heterocycles. The molecule has 0 unspecified atom stereocenters. The van der Waals surface area contributed by atoms with Crippen molar-refractivity contribution in [2.45, 2.75) is 80.6 Å². The Kier molecular flexibility index (Phi) is 8.03. The molecule has 46 heavy (non-hydrogen) atoms. The average molecular weight is 639 g/mol. The van der Waals surface area contributed by atoms with Crippen molar-refractivity contribution in [3.8, 4) is 11.5 Å². The lowest BCUT2D eigenvalue weighted by Crippen LogP contribution is -2.67. The van der Waals surface area contributed by atoms with Crippen molar-refractivity contribution in [2.75, 3.05) is 7.11 Å². The van der Waals surface area contributed by atoms with E-state index in [1.54, 1.807) is 24.3 Å². The molecule has 3 aliphatic carbocycles. The number of carbonyl (C=O) groups excluding carboxylic acids is 3. The standard InChI is InChI=1S/C33H34O13/c1-16(29(38)46-25(28(36)37)17-7-4-3-5-8-17)43-30(39)23(34)24(35)31(40)44-21-12-14-33(41)19-9-6-13-32(33)22-18(15-19)10-11-20(42-2)26(22)45-27(21)32/h3-5,7-8,10-12,16,19,23-25,27,34-35,41H,6,9,13-15H2,1-2H3,(H,36,37)/t16-,19-,23+,24+,25-,27+,32+,33-/m0/s1. The molecule has 1 spiro atoms. The number of methoxy groups -OCH3 is 1. The summed E-state index contributed by atoms with van der Waals surface area (Å²) in [4.78, 5) is 49.9. The number of carbonyl (C=O) groups is 4. The summed E-state index contributed by atoms with van der Waals surface area (Å²) < 4.78 is 27.3. The van der Waals surface area contributed by atoms with Gasteiger partial charge in [-0.25, -0.2) is 19.2 Å². The highest BCUT2D eigenvalue weighted by Crippen LogP contribution is 2.67. The van der Waals surface area contributed by atoms with Crippen LogP contribution in [0.5, 0.6) is 11.5 Å². The van der Waals surface area contributed by atoms with Crippen LogP contribution in [-0.4, -0.2) is 81.4 Å². The van der Waals surface area contributed by atoms with Crippen LogP contribution in [-0.2, 0) is 45.2 Å². The molecular weight excluding hydrogens is 604 g/mol. The molecule has 0 aromatic heterocycles. The second-order valence-electron chi connectivity index (χ2n) is 12.1. The Hall–Kier alpha value is -4.46. The highest BCUT2D eigenvalue weighted by molar-refractivity contribution is 5.88. The summed E-state index contributed by atoms with van der Waals surface area (Å²) in [7, 11) is 1.50. The first kappa shape index (κ1) is 31.5. The van der Waals surface area contributed by atoms with Crippen molar-refractivity contribution < 1.29 is 63.3 Å². The molecule has 1 aliphatic heterocycles. The Morgan fingerprint density at radius 1 is 0.978 bits per heavy atom. The van der Waals surface area contributed by atoms with E-state index in [0.29, 0.717) is 24.3 Å². The lowest BCUT2D eigenvalue weighted by atomic mass is 9.47. The van der Waals surface area contributed by atoms with Crippen molar-refractivity contribution in [1.82, 2.24) is 0 Å². The summed E-state index contributed by atoms with van der Waals surface area (Å²) in [5.74, 6) is -4.77. The maximum atomic E-state index is 13.1. The van der Waals surface area contributed by atoms with Gasteiger partial charge in [0.2, 0.25) is 6.10 Å². The number of aliphatic hydroxyl groups is 3. The Morgan fingerprint density at radius 3 is 2.39 bits per heavy atom. The molecule has 13 heteroatoms. The minimum absolute atomic E-state index is 0.0126. The first-order chi connectivity index (χ1) is 21.9. The first-order valence-electron chi connectivity index (χ1n) is 15.0. The van der Waals surface area contributed by atoms with Gasteiger partial charge in [0.1, 0.15) is 5.76 Å². The summed E-state index contributed by atoms with van der Waals surface area (Å²) in [6.45, 7) is 1.08. The molecule has 2 bridgehead atoms. The fraction of sp³-hybridized carbons (Fsp3) is 0.455. The van der Waals surface area contributed by atoms with Gasteiger partial charge in [-0.3, -0.25) is 0 Å². The zero-order valence-corrected chi connectivity index (χ0v) is 25.1. The van der Waals surface area contributed by atoms with E-state index >= 15 is 0 Å². The molecule has 6 rings (SSSR count). The van der Waals surface area contributed by atoms with Crippen LogP contribution in [0.3, 0.4) is 0 Å². The molecule has 2 aromatic carbocycles. The Labute approximate surface area is 263 Å². The zero-order chi connectivity index (χ0) is 33.0. The van der Waals surface area contributed by atoms with E-state index in [-0.39, 0.29) is 23.7 Å². The fourth-order valence-corrected chi connectivity index (χ4v) is 7.51. The van der Waals surface area contributed by atoms with Gasteiger partial charge in [0.05, 0.1) is 18.1 Å². The predicted octanol–water partition coefficient (Wildman–Crippen LogP) is 1.63. The monoisotopic (exact) mass is 638 g/mol. The van der Waals surface area contributed by atoms with Crippen molar-refractivity contribution in [1.29, 1.82) is 0 Å². The van der Waals surface area contributed by atoms with E-state index in [1.807, 2.05) is 6.07 Å². The summed E-state index contributed by atoms with van der Waals surface area (Å²) in [6.07, 6.45) is -4.72. The predicted molar refractivity (Wildman–Crippen MR) is 154 cm³/mol. The van der Waals surface area contributed by atoms with E-state index in [0.717, 1.165) is 30.9 Å². The van der Waals surface area contributed by atoms with Gasteiger partial charge in [-0.2, -0.15) is 0 Å². The number of hydrogen-bond donors (Lipinski definition) is 4. The quantitative estimate of drug-likeness (QED) is 0.217. The SMILES string of the molecule is COc1ccc2c3c1O[C@@H]1C(OC(=O)[C@H](O)[C@@H](O)C(=O)O[C@@H](C)C(=O)O[C@H](C(=O)O)c4ccccc4)=CC[C@]4(O)[C@@H](CCC[C@@]314)C2. The molecule has 8 atom stereocenters.